The predicted molar refractivity (Wildman–Crippen MR) is 84.6 cm³/mol. The van der Waals surface area contributed by atoms with Crippen LogP contribution in [0.3, 0.4) is 0 Å². The van der Waals surface area contributed by atoms with E-state index in [9.17, 15) is 9.18 Å². The summed E-state index contributed by atoms with van der Waals surface area (Å²) >= 11 is 5.63. The molecular formula is C15H19Cl2FN2O. The smallest absolute Gasteiger partial charge is 0.241 e. The lowest BCUT2D eigenvalue weighted by Gasteiger charge is -2.24. The maximum atomic E-state index is 13.3. The summed E-state index contributed by atoms with van der Waals surface area (Å²) in [6.45, 7) is 0. The summed E-state index contributed by atoms with van der Waals surface area (Å²) in [5.74, 6) is 0.0140. The highest BCUT2D eigenvalue weighted by molar-refractivity contribution is 6.30. The second kappa shape index (κ2) is 6.95. The maximum absolute atomic E-state index is 13.3. The lowest BCUT2D eigenvalue weighted by atomic mass is 9.85. The van der Waals surface area contributed by atoms with Crippen LogP contribution in [0.5, 0.6) is 0 Å². The molecule has 3 unspecified atom stereocenters. The molecule has 0 spiro atoms. The van der Waals surface area contributed by atoms with Crippen LogP contribution in [0.2, 0.25) is 5.02 Å². The van der Waals surface area contributed by atoms with E-state index in [0.717, 1.165) is 12.8 Å². The first-order valence-corrected chi connectivity index (χ1v) is 7.53. The first kappa shape index (κ1) is 16.5. The zero-order valence-corrected chi connectivity index (χ0v) is 13.1. The number of hydrogen-bond donors (Lipinski definition) is 2. The van der Waals surface area contributed by atoms with E-state index in [2.05, 4.69) is 10.6 Å². The van der Waals surface area contributed by atoms with Crippen molar-refractivity contribution < 1.29 is 9.18 Å². The fraction of sp³-hybridized carbons (Fsp3) is 0.533. The van der Waals surface area contributed by atoms with Gasteiger partial charge in [0.1, 0.15) is 5.82 Å². The number of fused-ring (bicyclic) bond motifs is 1. The number of rotatable bonds is 2. The first-order valence-electron chi connectivity index (χ1n) is 7.15. The van der Waals surface area contributed by atoms with Crippen molar-refractivity contribution in [3.8, 4) is 0 Å². The van der Waals surface area contributed by atoms with Gasteiger partial charge in [0.05, 0.1) is 11.1 Å². The van der Waals surface area contributed by atoms with Gasteiger partial charge in [0.25, 0.3) is 0 Å². The Morgan fingerprint density at radius 3 is 2.81 bits per heavy atom. The van der Waals surface area contributed by atoms with Crippen molar-refractivity contribution in [2.75, 3.05) is 5.32 Å². The summed E-state index contributed by atoms with van der Waals surface area (Å²) in [4.78, 5) is 12.2. The molecule has 2 aliphatic rings. The average molecular weight is 333 g/mol. The Labute approximate surface area is 135 Å². The molecule has 21 heavy (non-hydrogen) atoms. The van der Waals surface area contributed by atoms with Crippen LogP contribution in [0, 0.1) is 11.7 Å². The van der Waals surface area contributed by atoms with E-state index in [-0.39, 0.29) is 29.4 Å². The molecule has 1 aromatic carbocycles. The molecule has 1 aliphatic heterocycles. The quantitative estimate of drug-likeness (QED) is 0.865. The molecule has 6 heteroatoms. The molecule has 116 valence electrons. The van der Waals surface area contributed by atoms with Crippen molar-refractivity contribution in [2.24, 2.45) is 5.92 Å². The van der Waals surface area contributed by atoms with Crippen LogP contribution in [0.25, 0.3) is 0 Å². The molecule has 0 radical (unpaired) electrons. The molecule has 1 aliphatic carbocycles. The fourth-order valence-corrected chi connectivity index (χ4v) is 3.44. The van der Waals surface area contributed by atoms with E-state index in [1.807, 2.05) is 0 Å². The summed E-state index contributed by atoms with van der Waals surface area (Å²) in [5.41, 5.74) is 0.452. The third kappa shape index (κ3) is 3.68. The Hall–Kier alpha value is -0.840. The third-order valence-electron chi connectivity index (χ3n) is 4.37. The van der Waals surface area contributed by atoms with Gasteiger partial charge in [-0.2, -0.15) is 0 Å². The van der Waals surface area contributed by atoms with Crippen molar-refractivity contribution in [1.29, 1.82) is 0 Å². The van der Waals surface area contributed by atoms with Crippen molar-refractivity contribution >= 4 is 35.6 Å². The summed E-state index contributed by atoms with van der Waals surface area (Å²) in [7, 11) is 0. The second-order valence-electron chi connectivity index (χ2n) is 5.72. The number of nitrogens with one attached hydrogen (secondary N) is 2. The Balaban J connectivity index is 0.00000161. The predicted octanol–water partition coefficient (Wildman–Crippen LogP) is 3.76. The number of anilines is 1. The SMILES string of the molecule is Cl.O=C(Nc1ccc(Cl)c(F)c1)C1CC2CCCCC2N1. The second-order valence-corrected chi connectivity index (χ2v) is 6.13. The Morgan fingerprint density at radius 1 is 1.33 bits per heavy atom. The van der Waals surface area contributed by atoms with Gasteiger partial charge in [0, 0.05) is 11.7 Å². The molecule has 3 rings (SSSR count). The summed E-state index contributed by atoms with van der Waals surface area (Å²) in [5, 5.41) is 6.23. The highest BCUT2D eigenvalue weighted by Crippen LogP contribution is 2.33. The Kier molecular flexibility index (Phi) is 5.47. The van der Waals surface area contributed by atoms with Crippen LogP contribution in [-0.2, 0) is 4.79 Å². The monoisotopic (exact) mass is 332 g/mol. The molecule has 3 nitrogen and oxygen atoms in total. The van der Waals surface area contributed by atoms with Crippen molar-refractivity contribution in [3.63, 3.8) is 0 Å². The molecule has 1 heterocycles. The van der Waals surface area contributed by atoms with Gasteiger partial charge in [-0.15, -0.1) is 12.4 Å². The van der Waals surface area contributed by atoms with Gasteiger partial charge in [0.15, 0.2) is 0 Å². The van der Waals surface area contributed by atoms with Crippen molar-refractivity contribution in [1.82, 2.24) is 5.32 Å². The largest absolute Gasteiger partial charge is 0.325 e. The number of carbonyl (C=O) groups is 1. The Bertz CT molecular complexity index is 512. The van der Waals surface area contributed by atoms with Crippen LogP contribution in [0.15, 0.2) is 18.2 Å². The van der Waals surface area contributed by atoms with Gasteiger partial charge in [0.2, 0.25) is 5.91 Å². The van der Waals surface area contributed by atoms with E-state index in [1.54, 1.807) is 6.07 Å². The zero-order valence-electron chi connectivity index (χ0n) is 11.6. The minimum atomic E-state index is -0.516. The van der Waals surface area contributed by atoms with Gasteiger partial charge in [-0.25, -0.2) is 4.39 Å². The first-order chi connectivity index (χ1) is 9.63. The van der Waals surface area contributed by atoms with Gasteiger partial charge < -0.3 is 10.6 Å². The highest BCUT2D eigenvalue weighted by atomic mass is 35.5. The minimum absolute atomic E-state index is 0. The summed E-state index contributed by atoms with van der Waals surface area (Å²) < 4.78 is 13.3. The van der Waals surface area contributed by atoms with E-state index >= 15 is 0 Å². The zero-order chi connectivity index (χ0) is 14.1. The molecule has 1 saturated heterocycles. The number of halogens is 3. The lowest BCUT2D eigenvalue weighted by Crippen LogP contribution is -2.39. The molecule has 0 bridgehead atoms. The molecule has 1 aromatic rings. The van der Waals surface area contributed by atoms with Crippen LogP contribution >= 0.6 is 24.0 Å². The lowest BCUT2D eigenvalue weighted by molar-refractivity contribution is -0.117. The third-order valence-corrected chi connectivity index (χ3v) is 4.67. The summed E-state index contributed by atoms with van der Waals surface area (Å²) in [6.07, 6.45) is 5.75. The molecule has 0 aromatic heterocycles. The maximum Gasteiger partial charge on any atom is 0.241 e. The van der Waals surface area contributed by atoms with Gasteiger partial charge in [-0.1, -0.05) is 24.4 Å². The van der Waals surface area contributed by atoms with Gasteiger partial charge in [-0.05, 0) is 43.4 Å². The summed E-state index contributed by atoms with van der Waals surface area (Å²) in [6, 6.07) is 4.63. The molecule has 1 amide bonds. The van der Waals surface area contributed by atoms with E-state index in [4.69, 9.17) is 11.6 Å². The topological polar surface area (TPSA) is 41.1 Å². The van der Waals surface area contributed by atoms with Crippen LogP contribution in [-0.4, -0.2) is 18.0 Å². The molecule has 2 fully saturated rings. The van der Waals surface area contributed by atoms with E-state index < -0.39 is 5.82 Å². The number of hydrogen-bond acceptors (Lipinski definition) is 2. The van der Waals surface area contributed by atoms with Crippen LogP contribution in [0.1, 0.15) is 32.1 Å². The number of amides is 1. The van der Waals surface area contributed by atoms with E-state index in [0.29, 0.717) is 17.6 Å². The van der Waals surface area contributed by atoms with Gasteiger partial charge in [-0.3, -0.25) is 4.79 Å². The minimum Gasteiger partial charge on any atom is -0.325 e. The normalized spacial score (nSPS) is 27.6. The van der Waals surface area contributed by atoms with Crippen molar-refractivity contribution in [2.45, 2.75) is 44.2 Å². The fourth-order valence-electron chi connectivity index (χ4n) is 3.32. The average Bonchev–Trinajstić information content (AvgIpc) is 2.87. The number of carbonyl (C=O) groups excluding carboxylic acids is 1. The molecular weight excluding hydrogens is 314 g/mol. The Morgan fingerprint density at radius 2 is 2.10 bits per heavy atom. The highest BCUT2D eigenvalue weighted by Gasteiger charge is 2.38. The van der Waals surface area contributed by atoms with Crippen LogP contribution in [0.4, 0.5) is 10.1 Å². The van der Waals surface area contributed by atoms with Crippen molar-refractivity contribution in [3.05, 3.63) is 29.0 Å². The van der Waals surface area contributed by atoms with E-state index in [1.165, 1.54) is 31.4 Å². The standard InChI is InChI=1S/C15H18ClFN2O.ClH/c16-11-6-5-10(8-12(11)17)18-15(20)14-7-9-3-1-2-4-13(9)19-14;/h5-6,8-9,13-14,19H,1-4,7H2,(H,18,20);1H. The molecule has 3 atom stereocenters. The van der Waals surface area contributed by atoms with Crippen LogP contribution < -0.4 is 10.6 Å². The molecule has 1 saturated carbocycles. The molecule has 2 N–H and O–H groups in total. The number of benzene rings is 1. The van der Waals surface area contributed by atoms with Gasteiger partial charge >= 0.3 is 0 Å².